The number of ether oxygens (including phenoxy) is 2. The highest BCUT2D eigenvalue weighted by Gasteiger charge is 2.32. The number of hydrogen-bond donors (Lipinski definition) is 2. The molecule has 0 aromatic rings. The van der Waals surface area contributed by atoms with E-state index < -0.39 is 0 Å². The maximum absolute atomic E-state index is 5.92. The lowest BCUT2D eigenvalue weighted by molar-refractivity contribution is -0.0828. The number of aliphatic imine (C=N–C) groups is 1. The monoisotopic (exact) mass is 299 g/mol. The van der Waals surface area contributed by atoms with Gasteiger partial charge in [0, 0.05) is 39.7 Å². The second-order valence-electron chi connectivity index (χ2n) is 5.90. The summed E-state index contributed by atoms with van der Waals surface area (Å²) in [5.74, 6) is 0.534. The Balaban J connectivity index is 2.14. The molecule has 0 unspecified atom stereocenters. The Labute approximate surface area is 129 Å². The van der Waals surface area contributed by atoms with Gasteiger partial charge in [-0.15, -0.1) is 0 Å². The average Bonchev–Trinajstić information content (AvgIpc) is 2.53. The summed E-state index contributed by atoms with van der Waals surface area (Å²) in [7, 11) is 1.75. The summed E-state index contributed by atoms with van der Waals surface area (Å²) in [5.41, 5.74) is 5.73. The Bertz CT molecular complexity index is 289. The Morgan fingerprint density at radius 3 is 2.52 bits per heavy atom. The zero-order valence-corrected chi connectivity index (χ0v) is 13.8. The van der Waals surface area contributed by atoms with Crippen LogP contribution in [0.3, 0.4) is 0 Å². The number of unbranched alkanes of at least 4 members (excludes halogenated alkanes) is 5. The van der Waals surface area contributed by atoms with Crippen molar-refractivity contribution in [2.45, 2.75) is 63.9 Å². The van der Waals surface area contributed by atoms with Gasteiger partial charge in [-0.3, -0.25) is 4.99 Å². The van der Waals surface area contributed by atoms with Crippen molar-refractivity contribution in [1.29, 1.82) is 0 Å². The summed E-state index contributed by atoms with van der Waals surface area (Å²) in [5, 5.41) is 3.20. The van der Waals surface area contributed by atoms with E-state index in [0.29, 0.717) is 12.5 Å². The van der Waals surface area contributed by atoms with Crippen molar-refractivity contribution < 1.29 is 9.47 Å². The first-order chi connectivity index (χ1) is 10.2. The van der Waals surface area contributed by atoms with Crippen molar-refractivity contribution >= 4 is 5.96 Å². The van der Waals surface area contributed by atoms with Gasteiger partial charge in [0.15, 0.2) is 5.96 Å². The number of nitrogens with two attached hydrogens (primary N) is 1. The van der Waals surface area contributed by atoms with Crippen molar-refractivity contribution in [3.63, 3.8) is 0 Å². The summed E-state index contributed by atoms with van der Waals surface area (Å²) in [6.07, 6.45) is 9.50. The largest absolute Gasteiger partial charge is 0.381 e. The van der Waals surface area contributed by atoms with Crippen LogP contribution in [-0.2, 0) is 9.47 Å². The van der Waals surface area contributed by atoms with Crippen molar-refractivity contribution in [1.82, 2.24) is 5.32 Å². The average molecular weight is 299 g/mol. The van der Waals surface area contributed by atoms with Crippen molar-refractivity contribution in [3.8, 4) is 0 Å². The number of hydrogen-bond acceptors (Lipinski definition) is 3. The van der Waals surface area contributed by atoms with E-state index in [-0.39, 0.29) is 5.60 Å². The van der Waals surface area contributed by atoms with E-state index in [4.69, 9.17) is 15.2 Å². The smallest absolute Gasteiger partial charge is 0.188 e. The molecule has 1 fully saturated rings. The SMILES string of the molecule is CCCCCCCCNC(N)=NCC1(OC)CCOCC1. The van der Waals surface area contributed by atoms with Crippen molar-refractivity contribution in [2.24, 2.45) is 10.7 Å². The molecule has 1 heterocycles. The van der Waals surface area contributed by atoms with Crippen LogP contribution in [-0.4, -0.2) is 45.0 Å². The number of guanidine groups is 1. The fraction of sp³-hybridized carbons (Fsp3) is 0.938. The van der Waals surface area contributed by atoms with Gasteiger partial charge in [0.05, 0.1) is 12.1 Å². The molecule has 21 heavy (non-hydrogen) atoms. The Kier molecular flexibility index (Phi) is 9.42. The van der Waals surface area contributed by atoms with Gasteiger partial charge < -0.3 is 20.5 Å². The van der Waals surface area contributed by atoms with Crippen LogP contribution in [0.4, 0.5) is 0 Å². The van der Waals surface area contributed by atoms with Gasteiger partial charge in [0.2, 0.25) is 0 Å². The van der Waals surface area contributed by atoms with E-state index in [1.54, 1.807) is 7.11 Å². The minimum Gasteiger partial charge on any atom is -0.381 e. The standard InChI is InChI=1S/C16H33N3O2/c1-3-4-5-6-7-8-11-18-15(17)19-14-16(20-2)9-12-21-13-10-16/h3-14H2,1-2H3,(H3,17,18,19). The van der Waals surface area contributed by atoms with Crippen LogP contribution < -0.4 is 11.1 Å². The van der Waals surface area contributed by atoms with Crippen LogP contribution in [0.15, 0.2) is 4.99 Å². The number of nitrogens with one attached hydrogen (secondary N) is 1. The minimum atomic E-state index is -0.190. The summed E-state index contributed by atoms with van der Waals surface area (Å²) in [6.45, 7) is 5.25. The predicted molar refractivity (Wildman–Crippen MR) is 87.7 cm³/mol. The molecule has 1 aliphatic heterocycles. The van der Waals surface area contributed by atoms with Gasteiger partial charge in [-0.1, -0.05) is 39.0 Å². The van der Waals surface area contributed by atoms with Crippen LogP contribution in [0.25, 0.3) is 0 Å². The lowest BCUT2D eigenvalue weighted by atomic mass is 9.94. The zero-order valence-electron chi connectivity index (χ0n) is 13.8. The third-order valence-electron chi connectivity index (χ3n) is 4.21. The summed E-state index contributed by atoms with van der Waals surface area (Å²) >= 11 is 0. The topological polar surface area (TPSA) is 68.9 Å². The molecule has 0 bridgehead atoms. The van der Waals surface area contributed by atoms with Crippen LogP contribution in [0.2, 0.25) is 0 Å². The molecule has 0 aromatic heterocycles. The van der Waals surface area contributed by atoms with Crippen LogP contribution >= 0.6 is 0 Å². The fourth-order valence-corrected chi connectivity index (χ4v) is 2.58. The molecule has 3 N–H and O–H groups in total. The Morgan fingerprint density at radius 1 is 1.19 bits per heavy atom. The van der Waals surface area contributed by atoms with Gasteiger partial charge in [-0.2, -0.15) is 0 Å². The van der Waals surface area contributed by atoms with Gasteiger partial charge >= 0.3 is 0 Å². The molecular weight excluding hydrogens is 266 g/mol. The first kappa shape index (κ1) is 18.2. The molecule has 0 radical (unpaired) electrons. The normalized spacial score (nSPS) is 18.7. The van der Waals surface area contributed by atoms with E-state index in [9.17, 15) is 0 Å². The summed E-state index contributed by atoms with van der Waals surface area (Å²) < 4.78 is 11.0. The van der Waals surface area contributed by atoms with E-state index in [2.05, 4.69) is 17.2 Å². The van der Waals surface area contributed by atoms with Crippen molar-refractivity contribution in [2.75, 3.05) is 33.4 Å². The molecule has 1 rings (SSSR count). The number of methoxy groups -OCH3 is 1. The number of rotatable bonds is 10. The van der Waals surface area contributed by atoms with Crippen LogP contribution in [0.1, 0.15) is 58.3 Å². The molecule has 1 aliphatic rings. The molecule has 5 heteroatoms. The molecule has 0 aromatic carbocycles. The highest BCUT2D eigenvalue weighted by molar-refractivity contribution is 5.77. The van der Waals surface area contributed by atoms with E-state index in [1.807, 2.05) is 0 Å². The van der Waals surface area contributed by atoms with E-state index in [1.165, 1.54) is 32.1 Å². The summed E-state index contributed by atoms with van der Waals surface area (Å²) in [6, 6.07) is 0. The molecule has 5 nitrogen and oxygen atoms in total. The third-order valence-corrected chi connectivity index (χ3v) is 4.21. The summed E-state index contributed by atoms with van der Waals surface area (Å²) in [4.78, 5) is 4.44. The minimum absolute atomic E-state index is 0.190. The van der Waals surface area contributed by atoms with Gasteiger partial charge in [-0.05, 0) is 6.42 Å². The molecule has 0 saturated carbocycles. The van der Waals surface area contributed by atoms with Gasteiger partial charge in [0.1, 0.15) is 0 Å². The molecule has 124 valence electrons. The molecule has 0 atom stereocenters. The van der Waals surface area contributed by atoms with Crippen molar-refractivity contribution in [3.05, 3.63) is 0 Å². The first-order valence-electron chi connectivity index (χ1n) is 8.39. The molecule has 1 saturated heterocycles. The second-order valence-corrected chi connectivity index (χ2v) is 5.90. The Hall–Kier alpha value is -0.810. The Morgan fingerprint density at radius 2 is 1.86 bits per heavy atom. The zero-order chi connectivity index (χ0) is 15.4. The highest BCUT2D eigenvalue weighted by atomic mass is 16.5. The van der Waals surface area contributed by atoms with Crippen LogP contribution in [0, 0.1) is 0 Å². The molecular formula is C16H33N3O2. The lowest BCUT2D eigenvalue weighted by Crippen LogP contribution is -2.42. The molecule has 0 aliphatic carbocycles. The van der Waals surface area contributed by atoms with E-state index >= 15 is 0 Å². The maximum Gasteiger partial charge on any atom is 0.188 e. The lowest BCUT2D eigenvalue weighted by Gasteiger charge is -2.34. The van der Waals surface area contributed by atoms with Gasteiger partial charge in [0.25, 0.3) is 0 Å². The highest BCUT2D eigenvalue weighted by Crippen LogP contribution is 2.24. The van der Waals surface area contributed by atoms with Crippen LogP contribution in [0.5, 0.6) is 0 Å². The third kappa shape index (κ3) is 7.67. The van der Waals surface area contributed by atoms with Gasteiger partial charge in [-0.25, -0.2) is 0 Å². The maximum atomic E-state index is 5.92. The number of nitrogens with zero attached hydrogens (tertiary/aromatic N) is 1. The molecule has 0 spiro atoms. The quantitative estimate of drug-likeness (QED) is 0.369. The van der Waals surface area contributed by atoms with E-state index in [0.717, 1.165) is 39.0 Å². The first-order valence-corrected chi connectivity index (χ1v) is 8.39. The predicted octanol–water partition coefficient (Wildman–Crippen LogP) is 2.45. The molecule has 0 amide bonds. The fourth-order valence-electron chi connectivity index (χ4n) is 2.58. The second kappa shape index (κ2) is 10.9.